The van der Waals surface area contributed by atoms with Gasteiger partial charge in [0.2, 0.25) is 0 Å². The topological polar surface area (TPSA) is 17.3 Å². The largest absolute Gasteiger partial charge is 0.305 e. The molecule has 2 aromatic rings. The van der Waals surface area contributed by atoms with Crippen LogP contribution in [0, 0.1) is 0 Å². The molecule has 0 aromatic carbocycles. The number of hydrogen-bond acceptors (Lipinski definition) is 1. The van der Waals surface area contributed by atoms with Crippen LogP contribution < -0.4 is 0 Å². The molecule has 0 spiro atoms. The Kier molecular flexibility index (Phi) is 1.62. The molecule has 0 saturated carbocycles. The van der Waals surface area contributed by atoms with E-state index in [1.807, 2.05) is 28.9 Å². The summed E-state index contributed by atoms with van der Waals surface area (Å²) < 4.78 is 1.87. The smallest absolute Gasteiger partial charge is 0.137 e. The van der Waals surface area contributed by atoms with Crippen LogP contribution in [0.25, 0.3) is 11.7 Å². The molecule has 60 valence electrons. The van der Waals surface area contributed by atoms with Gasteiger partial charge in [-0.25, -0.2) is 4.98 Å². The Morgan fingerprint density at radius 3 is 3.00 bits per heavy atom. The van der Waals surface area contributed by atoms with E-state index in [0.29, 0.717) is 5.02 Å². The number of pyridine rings is 1. The molecule has 0 N–H and O–H groups in total. The van der Waals surface area contributed by atoms with Gasteiger partial charge in [-0.3, -0.25) is 0 Å². The van der Waals surface area contributed by atoms with Crippen molar-refractivity contribution in [1.29, 1.82) is 0 Å². The Labute approximate surface area is 75.1 Å². The Morgan fingerprint density at radius 2 is 2.25 bits per heavy atom. The van der Waals surface area contributed by atoms with E-state index in [9.17, 15) is 0 Å². The average Bonchev–Trinajstić information content (AvgIpc) is 2.46. The highest BCUT2D eigenvalue weighted by molar-refractivity contribution is 6.30. The molecule has 0 fully saturated rings. The van der Waals surface area contributed by atoms with E-state index in [1.54, 1.807) is 6.08 Å². The SMILES string of the molecule is C=Cc1cn2cc(Cl)ccc2n1. The highest BCUT2D eigenvalue weighted by Crippen LogP contribution is 2.11. The van der Waals surface area contributed by atoms with Crippen molar-refractivity contribution in [2.24, 2.45) is 0 Å². The van der Waals surface area contributed by atoms with Gasteiger partial charge in [-0.2, -0.15) is 0 Å². The van der Waals surface area contributed by atoms with Gasteiger partial charge in [0.15, 0.2) is 0 Å². The van der Waals surface area contributed by atoms with Crippen LogP contribution in [0.15, 0.2) is 31.1 Å². The van der Waals surface area contributed by atoms with Crippen molar-refractivity contribution in [3.63, 3.8) is 0 Å². The summed E-state index contributed by atoms with van der Waals surface area (Å²) in [6.07, 6.45) is 5.41. The molecule has 2 heterocycles. The first-order valence-corrected chi connectivity index (χ1v) is 3.94. The molecule has 0 aliphatic carbocycles. The van der Waals surface area contributed by atoms with Gasteiger partial charge in [0.05, 0.1) is 10.7 Å². The minimum Gasteiger partial charge on any atom is -0.305 e. The van der Waals surface area contributed by atoms with Crippen LogP contribution in [0.3, 0.4) is 0 Å². The fraction of sp³-hybridized carbons (Fsp3) is 0. The van der Waals surface area contributed by atoms with Gasteiger partial charge in [0, 0.05) is 12.4 Å². The molecule has 0 atom stereocenters. The number of imidazole rings is 1. The van der Waals surface area contributed by atoms with Crippen molar-refractivity contribution in [3.8, 4) is 0 Å². The van der Waals surface area contributed by atoms with E-state index in [2.05, 4.69) is 11.6 Å². The van der Waals surface area contributed by atoms with Crippen molar-refractivity contribution in [2.45, 2.75) is 0 Å². The van der Waals surface area contributed by atoms with E-state index in [4.69, 9.17) is 11.6 Å². The van der Waals surface area contributed by atoms with Crippen molar-refractivity contribution < 1.29 is 0 Å². The lowest BCUT2D eigenvalue weighted by Gasteiger charge is -1.91. The predicted octanol–water partition coefficient (Wildman–Crippen LogP) is 2.63. The van der Waals surface area contributed by atoms with Gasteiger partial charge in [0.25, 0.3) is 0 Å². The van der Waals surface area contributed by atoms with E-state index in [0.717, 1.165) is 11.3 Å². The number of fused-ring (bicyclic) bond motifs is 1. The second kappa shape index (κ2) is 2.64. The summed E-state index contributed by atoms with van der Waals surface area (Å²) in [5, 5.41) is 0.704. The molecular weight excluding hydrogens is 172 g/mol. The maximum absolute atomic E-state index is 5.80. The molecule has 0 bridgehead atoms. The molecule has 0 saturated heterocycles. The second-order valence-electron chi connectivity index (χ2n) is 2.48. The van der Waals surface area contributed by atoms with Crippen LogP contribution in [0.1, 0.15) is 5.69 Å². The number of halogens is 1. The highest BCUT2D eigenvalue weighted by Gasteiger charge is 1.97. The highest BCUT2D eigenvalue weighted by atomic mass is 35.5. The normalized spacial score (nSPS) is 10.4. The van der Waals surface area contributed by atoms with Gasteiger partial charge in [-0.1, -0.05) is 18.2 Å². The summed E-state index contributed by atoms with van der Waals surface area (Å²) >= 11 is 5.80. The maximum Gasteiger partial charge on any atom is 0.137 e. The standard InChI is InChI=1S/C9H7ClN2/c1-2-8-6-12-5-7(10)3-4-9(12)11-8/h2-6H,1H2. The number of nitrogens with zero attached hydrogens (tertiary/aromatic N) is 2. The molecule has 2 rings (SSSR count). The minimum atomic E-state index is 0.704. The predicted molar refractivity (Wildman–Crippen MR) is 50.3 cm³/mol. The second-order valence-corrected chi connectivity index (χ2v) is 2.92. The Morgan fingerprint density at radius 1 is 1.42 bits per heavy atom. The molecule has 2 nitrogen and oxygen atoms in total. The summed E-state index contributed by atoms with van der Waals surface area (Å²) in [4.78, 5) is 4.26. The minimum absolute atomic E-state index is 0.704. The molecule has 12 heavy (non-hydrogen) atoms. The zero-order chi connectivity index (χ0) is 8.55. The van der Waals surface area contributed by atoms with Gasteiger partial charge in [-0.05, 0) is 18.2 Å². The molecule has 0 radical (unpaired) electrons. The fourth-order valence-corrected chi connectivity index (χ4v) is 1.25. The van der Waals surface area contributed by atoms with Crippen molar-refractivity contribution in [3.05, 3.63) is 41.8 Å². The fourth-order valence-electron chi connectivity index (χ4n) is 1.08. The summed E-state index contributed by atoms with van der Waals surface area (Å²) in [6.45, 7) is 3.64. The van der Waals surface area contributed by atoms with Crippen molar-refractivity contribution in [1.82, 2.24) is 9.38 Å². The van der Waals surface area contributed by atoms with Crippen molar-refractivity contribution in [2.75, 3.05) is 0 Å². The average molecular weight is 179 g/mol. The van der Waals surface area contributed by atoms with Crippen LogP contribution in [0.2, 0.25) is 5.02 Å². The van der Waals surface area contributed by atoms with Crippen LogP contribution >= 0.6 is 11.6 Å². The molecule has 0 aliphatic heterocycles. The third-order valence-corrected chi connectivity index (χ3v) is 1.87. The molecule has 0 aliphatic rings. The van der Waals surface area contributed by atoms with Gasteiger partial charge < -0.3 is 4.40 Å². The van der Waals surface area contributed by atoms with Crippen LogP contribution in [-0.4, -0.2) is 9.38 Å². The van der Waals surface area contributed by atoms with Gasteiger partial charge in [0.1, 0.15) is 5.65 Å². The zero-order valence-electron chi connectivity index (χ0n) is 6.37. The Hall–Kier alpha value is -1.28. The van der Waals surface area contributed by atoms with E-state index in [1.165, 1.54) is 0 Å². The maximum atomic E-state index is 5.80. The molecule has 3 heteroatoms. The molecule has 0 unspecified atom stereocenters. The third-order valence-electron chi connectivity index (χ3n) is 1.64. The Balaban J connectivity index is 2.75. The van der Waals surface area contributed by atoms with E-state index >= 15 is 0 Å². The lowest BCUT2D eigenvalue weighted by molar-refractivity contribution is 1.19. The van der Waals surface area contributed by atoms with Gasteiger partial charge in [-0.15, -0.1) is 0 Å². The first-order chi connectivity index (χ1) is 5.79. The first-order valence-electron chi connectivity index (χ1n) is 3.56. The first kappa shape index (κ1) is 7.37. The quantitative estimate of drug-likeness (QED) is 0.656. The number of hydrogen-bond donors (Lipinski definition) is 0. The third kappa shape index (κ3) is 1.10. The van der Waals surface area contributed by atoms with Crippen molar-refractivity contribution >= 4 is 23.3 Å². The molecule has 2 aromatic heterocycles. The van der Waals surface area contributed by atoms with Crippen LogP contribution in [-0.2, 0) is 0 Å². The zero-order valence-corrected chi connectivity index (χ0v) is 7.12. The summed E-state index contributed by atoms with van der Waals surface area (Å²) in [5.41, 5.74) is 1.74. The van der Waals surface area contributed by atoms with Crippen LogP contribution in [0.4, 0.5) is 0 Å². The summed E-state index contributed by atoms with van der Waals surface area (Å²) in [5.74, 6) is 0. The van der Waals surface area contributed by atoms with Gasteiger partial charge >= 0.3 is 0 Å². The van der Waals surface area contributed by atoms with E-state index in [-0.39, 0.29) is 0 Å². The monoisotopic (exact) mass is 178 g/mol. The molecule has 0 amide bonds. The summed E-state index contributed by atoms with van der Waals surface area (Å²) in [7, 11) is 0. The Bertz CT molecular complexity index is 431. The number of rotatable bonds is 1. The molecular formula is C9H7ClN2. The lowest BCUT2D eigenvalue weighted by Crippen LogP contribution is -1.79. The van der Waals surface area contributed by atoms with E-state index < -0.39 is 0 Å². The summed E-state index contributed by atoms with van der Waals surface area (Å²) in [6, 6.07) is 3.69. The van der Waals surface area contributed by atoms with Crippen LogP contribution in [0.5, 0.6) is 0 Å². The lowest BCUT2D eigenvalue weighted by atomic mass is 10.5. The number of aromatic nitrogens is 2.